The number of carbonyl (C=O) groups excluding carboxylic acids is 1. The van der Waals surface area contributed by atoms with Gasteiger partial charge in [0.15, 0.2) is 0 Å². The van der Waals surface area contributed by atoms with Crippen LogP contribution in [-0.2, 0) is 9.59 Å². The molecule has 13 heavy (non-hydrogen) atoms. The highest BCUT2D eigenvalue weighted by atomic mass is 16.4. The zero-order valence-corrected chi connectivity index (χ0v) is 8.06. The van der Waals surface area contributed by atoms with E-state index in [2.05, 4.69) is 0 Å². The van der Waals surface area contributed by atoms with E-state index >= 15 is 0 Å². The highest BCUT2D eigenvalue weighted by molar-refractivity contribution is 5.72. The van der Waals surface area contributed by atoms with Gasteiger partial charge < -0.3 is 9.90 Å². The van der Waals surface area contributed by atoms with Gasteiger partial charge in [0.25, 0.3) is 0 Å². The molecule has 0 radical (unpaired) electrons. The van der Waals surface area contributed by atoms with Gasteiger partial charge in [0, 0.05) is 5.92 Å². The zero-order valence-electron chi connectivity index (χ0n) is 8.06. The van der Waals surface area contributed by atoms with Crippen LogP contribution >= 0.6 is 0 Å². The van der Waals surface area contributed by atoms with E-state index in [-0.39, 0.29) is 23.7 Å². The number of aldehydes is 1. The Balaban J connectivity index is 2.75. The Bertz CT molecular complexity index is 212. The summed E-state index contributed by atoms with van der Waals surface area (Å²) in [5, 5.41) is 8.98. The summed E-state index contributed by atoms with van der Waals surface area (Å²) in [4.78, 5) is 21.5. The molecule has 1 fully saturated rings. The van der Waals surface area contributed by atoms with E-state index in [4.69, 9.17) is 5.11 Å². The van der Waals surface area contributed by atoms with Crippen molar-refractivity contribution in [3.63, 3.8) is 0 Å². The maximum Gasteiger partial charge on any atom is 0.307 e. The van der Waals surface area contributed by atoms with Crippen molar-refractivity contribution in [2.24, 2.45) is 23.7 Å². The van der Waals surface area contributed by atoms with E-state index in [1.807, 2.05) is 13.8 Å². The van der Waals surface area contributed by atoms with Crippen molar-refractivity contribution in [3.05, 3.63) is 0 Å². The summed E-state index contributed by atoms with van der Waals surface area (Å²) in [7, 11) is 0. The average molecular weight is 184 g/mol. The van der Waals surface area contributed by atoms with Crippen LogP contribution in [0, 0.1) is 23.7 Å². The summed E-state index contributed by atoms with van der Waals surface area (Å²) < 4.78 is 0. The fraction of sp³-hybridized carbons (Fsp3) is 0.800. The molecule has 1 aliphatic carbocycles. The van der Waals surface area contributed by atoms with Crippen LogP contribution in [0.1, 0.15) is 26.7 Å². The predicted molar refractivity (Wildman–Crippen MR) is 48.2 cm³/mol. The third-order valence-electron chi connectivity index (χ3n) is 3.20. The summed E-state index contributed by atoms with van der Waals surface area (Å²) in [6.45, 7) is 3.77. The lowest BCUT2D eigenvalue weighted by atomic mass is 9.83. The van der Waals surface area contributed by atoms with Crippen molar-refractivity contribution in [3.8, 4) is 0 Å². The molecule has 0 heterocycles. The Hall–Kier alpha value is -0.860. The van der Waals surface area contributed by atoms with Crippen molar-refractivity contribution in [1.29, 1.82) is 0 Å². The molecule has 1 unspecified atom stereocenters. The molecule has 0 aliphatic heterocycles. The molecular formula is C10H16O3. The molecule has 1 saturated carbocycles. The number of carbonyl (C=O) groups is 2. The first-order valence-electron chi connectivity index (χ1n) is 4.76. The standard InChI is InChI=1S/C10H16O3/c1-6-3-4-8(7(2)5-11)9(6)10(12)13/h5-9H,3-4H2,1-2H3,(H,12,13)/t6-,7?,8+,9+/m0/s1. The van der Waals surface area contributed by atoms with E-state index in [9.17, 15) is 9.59 Å². The second-order valence-electron chi connectivity index (χ2n) is 4.08. The number of carboxylic acid groups (broad SMARTS) is 1. The summed E-state index contributed by atoms with van der Waals surface area (Å²) in [6.07, 6.45) is 2.68. The van der Waals surface area contributed by atoms with E-state index in [0.29, 0.717) is 0 Å². The summed E-state index contributed by atoms with van der Waals surface area (Å²) >= 11 is 0. The number of aliphatic carboxylic acids is 1. The fourth-order valence-electron chi connectivity index (χ4n) is 2.35. The molecule has 0 aromatic rings. The van der Waals surface area contributed by atoms with Gasteiger partial charge >= 0.3 is 5.97 Å². The van der Waals surface area contributed by atoms with Crippen molar-refractivity contribution < 1.29 is 14.7 Å². The summed E-state index contributed by atoms with van der Waals surface area (Å²) in [6, 6.07) is 0. The first-order chi connectivity index (χ1) is 6.07. The van der Waals surface area contributed by atoms with Crippen molar-refractivity contribution in [2.75, 3.05) is 0 Å². The van der Waals surface area contributed by atoms with E-state index in [1.165, 1.54) is 0 Å². The minimum Gasteiger partial charge on any atom is -0.481 e. The minimum absolute atomic E-state index is 0.0463. The van der Waals surface area contributed by atoms with Crippen molar-refractivity contribution in [1.82, 2.24) is 0 Å². The minimum atomic E-state index is -0.747. The van der Waals surface area contributed by atoms with Gasteiger partial charge in [-0.05, 0) is 24.7 Å². The topological polar surface area (TPSA) is 54.4 Å². The summed E-state index contributed by atoms with van der Waals surface area (Å²) in [5.74, 6) is -0.926. The molecule has 0 aromatic heterocycles. The molecule has 74 valence electrons. The van der Waals surface area contributed by atoms with Gasteiger partial charge in [-0.3, -0.25) is 4.79 Å². The molecule has 3 nitrogen and oxygen atoms in total. The lowest BCUT2D eigenvalue weighted by Gasteiger charge is -2.20. The molecule has 0 bridgehead atoms. The molecule has 0 saturated heterocycles. The molecule has 3 heteroatoms. The molecule has 1 aliphatic rings. The van der Waals surface area contributed by atoms with Gasteiger partial charge in [-0.25, -0.2) is 0 Å². The highest BCUT2D eigenvalue weighted by Gasteiger charge is 2.40. The van der Waals surface area contributed by atoms with Gasteiger partial charge in [-0.2, -0.15) is 0 Å². The third kappa shape index (κ3) is 1.90. The molecular weight excluding hydrogens is 168 g/mol. The quantitative estimate of drug-likeness (QED) is 0.677. The van der Waals surface area contributed by atoms with Crippen molar-refractivity contribution >= 4 is 12.3 Å². The Morgan fingerprint density at radius 2 is 2.15 bits per heavy atom. The smallest absolute Gasteiger partial charge is 0.307 e. The Morgan fingerprint density at radius 1 is 1.54 bits per heavy atom. The highest BCUT2D eigenvalue weighted by Crippen LogP contribution is 2.40. The molecule has 1 rings (SSSR count). The Labute approximate surface area is 78.1 Å². The van der Waals surface area contributed by atoms with Crippen LogP contribution in [0.5, 0.6) is 0 Å². The van der Waals surface area contributed by atoms with Crippen LogP contribution in [0.15, 0.2) is 0 Å². The van der Waals surface area contributed by atoms with Gasteiger partial charge in [-0.15, -0.1) is 0 Å². The van der Waals surface area contributed by atoms with Gasteiger partial charge in [0.05, 0.1) is 5.92 Å². The number of carboxylic acids is 1. The molecule has 0 aromatic carbocycles. The predicted octanol–water partition coefficient (Wildman–Crippen LogP) is 1.57. The largest absolute Gasteiger partial charge is 0.481 e. The van der Waals surface area contributed by atoms with E-state index in [0.717, 1.165) is 19.1 Å². The third-order valence-corrected chi connectivity index (χ3v) is 3.20. The maximum atomic E-state index is 10.9. The lowest BCUT2D eigenvalue weighted by molar-refractivity contribution is -0.145. The van der Waals surface area contributed by atoms with Crippen LogP contribution in [-0.4, -0.2) is 17.4 Å². The summed E-state index contributed by atoms with van der Waals surface area (Å²) in [5.41, 5.74) is 0. The average Bonchev–Trinajstić information content (AvgIpc) is 2.45. The Morgan fingerprint density at radius 3 is 2.62 bits per heavy atom. The van der Waals surface area contributed by atoms with Crippen LogP contribution < -0.4 is 0 Å². The van der Waals surface area contributed by atoms with Crippen LogP contribution in [0.25, 0.3) is 0 Å². The monoisotopic (exact) mass is 184 g/mol. The number of hydrogen-bond acceptors (Lipinski definition) is 2. The van der Waals surface area contributed by atoms with Crippen molar-refractivity contribution in [2.45, 2.75) is 26.7 Å². The fourth-order valence-corrected chi connectivity index (χ4v) is 2.35. The molecule has 4 atom stereocenters. The van der Waals surface area contributed by atoms with E-state index in [1.54, 1.807) is 0 Å². The second kappa shape index (κ2) is 3.90. The SMILES string of the molecule is CC(C=O)[C@H]1CC[C@H](C)[C@H]1C(=O)O. The Kier molecular flexibility index (Phi) is 3.07. The molecule has 0 amide bonds. The van der Waals surface area contributed by atoms with Gasteiger partial charge in [-0.1, -0.05) is 13.8 Å². The molecule has 1 N–H and O–H groups in total. The zero-order chi connectivity index (χ0) is 10.0. The normalized spacial score (nSPS) is 35.7. The van der Waals surface area contributed by atoms with Crippen LogP contribution in [0.3, 0.4) is 0 Å². The van der Waals surface area contributed by atoms with Gasteiger partial charge in [0.1, 0.15) is 6.29 Å². The van der Waals surface area contributed by atoms with Crippen LogP contribution in [0.4, 0.5) is 0 Å². The van der Waals surface area contributed by atoms with E-state index < -0.39 is 5.97 Å². The first kappa shape index (κ1) is 10.2. The number of hydrogen-bond donors (Lipinski definition) is 1. The maximum absolute atomic E-state index is 10.9. The second-order valence-corrected chi connectivity index (χ2v) is 4.08. The lowest BCUT2D eigenvalue weighted by Crippen LogP contribution is -2.27. The first-order valence-corrected chi connectivity index (χ1v) is 4.76. The van der Waals surface area contributed by atoms with Crippen LogP contribution in [0.2, 0.25) is 0 Å². The van der Waals surface area contributed by atoms with Gasteiger partial charge in [0.2, 0.25) is 0 Å². The molecule has 0 spiro atoms. The number of rotatable bonds is 3.